The second-order valence-corrected chi connectivity index (χ2v) is 8.56. The van der Waals surface area contributed by atoms with Crippen LogP contribution >= 0.6 is 0 Å². The summed E-state index contributed by atoms with van der Waals surface area (Å²) in [5.74, 6) is 0.495. The van der Waals surface area contributed by atoms with E-state index in [1.54, 1.807) is 6.07 Å². The molecule has 1 aliphatic carbocycles. The number of hydrogen-bond acceptors (Lipinski definition) is 3. The van der Waals surface area contributed by atoms with Gasteiger partial charge in [-0.15, -0.1) is 0 Å². The highest BCUT2D eigenvalue weighted by atomic mass is 19.1. The zero-order valence-corrected chi connectivity index (χ0v) is 16.3. The third-order valence-corrected chi connectivity index (χ3v) is 6.46. The maximum absolute atomic E-state index is 13.6. The molecule has 1 N–H and O–H groups in total. The fourth-order valence-corrected chi connectivity index (χ4v) is 4.75. The fraction of sp³-hybridized carbons (Fsp3) is 0.500. The normalized spacial score (nSPS) is 24.5. The summed E-state index contributed by atoms with van der Waals surface area (Å²) in [4.78, 5) is 29.5. The highest BCUT2D eigenvalue weighted by Crippen LogP contribution is 2.39. The number of fused-ring (bicyclic) bond motifs is 1. The van der Waals surface area contributed by atoms with Crippen molar-refractivity contribution in [2.24, 2.45) is 5.92 Å². The molecule has 2 aliphatic heterocycles. The molecule has 6 nitrogen and oxygen atoms in total. The van der Waals surface area contributed by atoms with E-state index >= 15 is 0 Å². The Hall–Kier alpha value is -2.70. The molecule has 2 aromatic rings. The fourth-order valence-electron chi connectivity index (χ4n) is 4.75. The monoisotopic (exact) mass is 396 g/mol. The summed E-state index contributed by atoms with van der Waals surface area (Å²) in [6.45, 7) is 1.53. The van der Waals surface area contributed by atoms with Crippen LogP contribution in [0.2, 0.25) is 0 Å². The Morgan fingerprint density at radius 3 is 2.86 bits per heavy atom. The van der Waals surface area contributed by atoms with Gasteiger partial charge in [-0.3, -0.25) is 14.7 Å². The zero-order chi connectivity index (χ0) is 20.0. The highest BCUT2D eigenvalue weighted by Gasteiger charge is 2.42. The molecule has 0 bridgehead atoms. The molecule has 2 unspecified atom stereocenters. The van der Waals surface area contributed by atoms with Gasteiger partial charge in [0.25, 0.3) is 5.91 Å². The summed E-state index contributed by atoms with van der Waals surface area (Å²) in [6.07, 6.45) is 4.58. The summed E-state index contributed by atoms with van der Waals surface area (Å²) < 4.78 is 13.6. The Labute approximate surface area is 169 Å². The molecule has 2 atom stereocenters. The Kier molecular flexibility index (Phi) is 4.60. The number of nitrogens with zero attached hydrogens (tertiary/aromatic N) is 3. The standard InChI is InChI=1S/C22H25FN4O2/c23-17-5-1-3-14(9-17)11-27-20-13-26(12-16(20)4-2-6-21(27)28)22(29)19-10-18(24-25-19)15-7-8-15/h1,3,5,9-10,15-16,20H,2,4,6-8,11-13H2,(H,24,25). The maximum Gasteiger partial charge on any atom is 0.274 e. The number of amides is 2. The molecule has 0 spiro atoms. The molecule has 29 heavy (non-hydrogen) atoms. The lowest BCUT2D eigenvalue weighted by Crippen LogP contribution is -2.43. The molecule has 2 saturated heterocycles. The van der Waals surface area contributed by atoms with Gasteiger partial charge in [-0.05, 0) is 55.4 Å². The third kappa shape index (κ3) is 3.66. The highest BCUT2D eigenvalue weighted by molar-refractivity contribution is 5.92. The molecular weight excluding hydrogens is 371 g/mol. The topological polar surface area (TPSA) is 69.3 Å². The minimum absolute atomic E-state index is 0.0286. The summed E-state index contributed by atoms with van der Waals surface area (Å²) in [6, 6.07) is 8.25. The van der Waals surface area contributed by atoms with Crippen LogP contribution in [0.4, 0.5) is 4.39 Å². The predicted octanol–water partition coefficient (Wildman–Crippen LogP) is 3.08. The SMILES string of the molecule is O=C(c1cc(C2CC2)[nH]n1)N1CC2CCCC(=O)N(Cc3cccc(F)c3)C2C1. The number of nitrogens with one attached hydrogen (secondary N) is 1. The third-order valence-electron chi connectivity index (χ3n) is 6.46. The van der Waals surface area contributed by atoms with Gasteiger partial charge in [-0.1, -0.05) is 12.1 Å². The summed E-state index contributed by atoms with van der Waals surface area (Å²) in [7, 11) is 0. The smallest absolute Gasteiger partial charge is 0.274 e. The first-order chi connectivity index (χ1) is 14.1. The summed E-state index contributed by atoms with van der Waals surface area (Å²) in [5.41, 5.74) is 2.29. The van der Waals surface area contributed by atoms with Crippen LogP contribution in [-0.2, 0) is 11.3 Å². The average Bonchev–Trinajstić information content (AvgIpc) is 3.32. The number of rotatable bonds is 4. The summed E-state index contributed by atoms with van der Waals surface area (Å²) >= 11 is 0. The van der Waals surface area contributed by atoms with Crippen molar-refractivity contribution in [2.45, 2.75) is 50.6 Å². The Bertz CT molecular complexity index is 938. The van der Waals surface area contributed by atoms with Gasteiger partial charge in [0, 0.05) is 37.7 Å². The van der Waals surface area contributed by atoms with Crippen LogP contribution in [0.5, 0.6) is 0 Å². The van der Waals surface area contributed by atoms with Crippen molar-refractivity contribution in [1.82, 2.24) is 20.0 Å². The van der Waals surface area contributed by atoms with E-state index in [-0.39, 0.29) is 29.6 Å². The van der Waals surface area contributed by atoms with E-state index in [9.17, 15) is 14.0 Å². The predicted molar refractivity (Wildman–Crippen MR) is 105 cm³/mol. The van der Waals surface area contributed by atoms with Gasteiger partial charge in [0.15, 0.2) is 0 Å². The molecule has 3 aliphatic rings. The van der Waals surface area contributed by atoms with Crippen LogP contribution in [0.3, 0.4) is 0 Å². The molecule has 1 aromatic carbocycles. The van der Waals surface area contributed by atoms with E-state index in [1.165, 1.54) is 12.1 Å². The van der Waals surface area contributed by atoms with Crippen LogP contribution in [0.1, 0.15) is 59.8 Å². The largest absolute Gasteiger partial charge is 0.335 e. The molecule has 5 rings (SSSR count). The van der Waals surface area contributed by atoms with Crippen molar-refractivity contribution < 1.29 is 14.0 Å². The molecule has 0 radical (unpaired) electrons. The van der Waals surface area contributed by atoms with Gasteiger partial charge in [-0.25, -0.2) is 4.39 Å². The van der Waals surface area contributed by atoms with Crippen LogP contribution < -0.4 is 0 Å². The lowest BCUT2D eigenvalue weighted by Gasteiger charge is -2.30. The van der Waals surface area contributed by atoms with Gasteiger partial charge in [0.1, 0.15) is 11.5 Å². The number of carbonyl (C=O) groups excluding carboxylic acids is 2. The van der Waals surface area contributed by atoms with Crippen molar-refractivity contribution >= 4 is 11.8 Å². The van der Waals surface area contributed by atoms with Gasteiger partial charge in [-0.2, -0.15) is 5.10 Å². The van der Waals surface area contributed by atoms with Crippen molar-refractivity contribution in [3.05, 3.63) is 53.1 Å². The number of likely N-dealkylation sites (tertiary alicyclic amines) is 2. The lowest BCUT2D eigenvalue weighted by molar-refractivity contribution is -0.133. The minimum atomic E-state index is -0.297. The first-order valence-corrected chi connectivity index (χ1v) is 10.5. The molecule has 1 saturated carbocycles. The van der Waals surface area contributed by atoms with Crippen LogP contribution in [0.25, 0.3) is 0 Å². The van der Waals surface area contributed by atoms with Crippen LogP contribution in [-0.4, -0.2) is 50.9 Å². The molecule has 3 fully saturated rings. The van der Waals surface area contributed by atoms with Gasteiger partial charge >= 0.3 is 0 Å². The van der Waals surface area contributed by atoms with E-state index in [4.69, 9.17) is 0 Å². The second kappa shape index (κ2) is 7.28. The van der Waals surface area contributed by atoms with E-state index in [2.05, 4.69) is 10.2 Å². The Balaban J connectivity index is 1.34. The van der Waals surface area contributed by atoms with E-state index in [0.29, 0.717) is 37.7 Å². The molecule has 152 valence electrons. The van der Waals surface area contributed by atoms with E-state index in [0.717, 1.165) is 36.9 Å². The van der Waals surface area contributed by atoms with E-state index in [1.807, 2.05) is 21.9 Å². The number of H-pyrrole nitrogens is 1. The number of hydrogen-bond donors (Lipinski definition) is 1. The number of benzene rings is 1. The van der Waals surface area contributed by atoms with E-state index < -0.39 is 0 Å². The van der Waals surface area contributed by atoms with Crippen molar-refractivity contribution in [3.8, 4) is 0 Å². The Morgan fingerprint density at radius 2 is 2.07 bits per heavy atom. The first kappa shape index (κ1) is 18.3. The van der Waals surface area contributed by atoms with Crippen molar-refractivity contribution in [1.29, 1.82) is 0 Å². The molecular formula is C22H25FN4O2. The van der Waals surface area contributed by atoms with Crippen molar-refractivity contribution in [3.63, 3.8) is 0 Å². The molecule has 7 heteroatoms. The maximum atomic E-state index is 13.6. The van der Waals surface area contributed by atoms with Gasteiger partial charge in [0.2, 0.25) is 5.91 Å². The number of aromatic nitrogens is 2. The summed E-state index contributed by atoms with van der Waals surface area (Å²) in [5, 5.41) is 7.23. The minimum Gasteiger partial charge on any atom is -0.335 e. The second-order valence-electron chi connectivity index (χ2n) is 8.56. The number of carbonyl (C=O) groups is 2. The van der Waals surface area contributed by atoms with Crippen LogP contribution in [0.15, 0.2) is 30.3 Å². The quantitative estimate of drug-likeness (QED) is 0.864. The molecule has 1 aromatic heterocycles. The van der Waals surface area contributed by atoms with Gasteiger partial charge in [0.05, 0.1) is 6.04 Å². The molecule has 2 amide bonds. The first-order valence-electron chi connectivity index (χ1n) is 10.5. The number of halogens is 1. The average molecular weight is 396 g/mol. The zero-order valence-electron chi connectivity index (χ0n) is 16.3. The lowest BCUT2D eigenvalue weighted by atomic mass is 9.98. The number of aromatic amines is 1. The van der Waals surface area contributed by atoms with Crippen LogP contribution in [0, 0.1) is 11.7 Å². The Morgan fingerprint density at radius 1 is 1.21 bits per heavy atom. The van der Waals surface area contributed by atoms with Crippen molar-refractivity contribution in [2.75, 3.05) is 13.1 Å². The molecule has 3 heterocycles. The van der Waals surface area contributed by atoms with Gasteiger partial charge < -0.3 is 9.80 Å².